The molecule has 0 saturated carbocycles. The van der Waals surface area contributed by atoms with Gasteiger partial charge >= 0.3 is 0 Å². The summed E-state index contributed by atoms with van der Waals surface area (Å²) in [5, 5.41) is 8.62. The van der Waals surface area contributed by atoms with Crippen molar-refractivity contribution in [2.24, 2.45) is 0 Å². The van der Waals surface area contributed by atoms with E-state index in [-0.39, 0.29) is 11.6 Å². The van der Waals surface area contributed by atoms with Gasteiger partial charge in [0.2, 0.25) is 0 Å². The van der Waals surface area contributed by atoms with E-state index < -0.39 is 0 Å². The van der Waals surface area contributed by atoms with Gasteiger partial charge in [-0.3, -0.25) is 4.79 Å². The van der Waals surface area contributed by atoms with Gasteiger partial charge in [-0.05, 0) is 33.0 Å². The third-order valence-corrected chi connectivity index (χ3v) is 3.06. The van der Waals surface area contributed by atoms with Crippen LogP contribution in [0.2, 0.25) is 0 Å². The molecule has 1 atom stereocenters. The molecule has 0 amide bonds. The summed E-state index contributed by atoms with van der Waals surface area (Å²) in [5.41, 5.74) is 6.21. The fraction of sp³-hybridized carbons (Fsp3) is 0.538. The van der Waals surface area contributed by atoms with E-state index in [0.29, 0.717) is 18.7 Å². The molecule has 18 heavy (non-hydrogen) atoms. The van der Waals surface area contributed by atoms with Crippen LogP contribution in [0.5, 0.6) is 0 Å². The summed E-state index contributed by atoms with van der Waals surface area (Å²) >= 11 is 0. The number of nitrogens with zero attached hydrogens (tertiary/aromatic N) is 3. The lowest BCUT2D eigenvalue weighted by molar-refractivity contribution is 0.252. The highest BCUT2D eigenvalue weighted by atomic mass is 16.1. The normalized spacial score (nSPS) is 12.3. The minimum Gasteiger partial charge on any atom is -0.398 e. The van der Waals surface area contributed by atoms with E-state index in [2.05, 4.69) is 11.0 Å². The predicted octanol–water partition coefficient (Wildman–Crippen LogP) is 1.05. The number of rotatable bonds is 6. The maximum absolute atomic E-state index is 11.5. The van der Waals surface area contributed by atoms with Crippen LogP contribution in [-0.4, -0.2) is 29.1 Å². The van der Waals surface area contributed by atoms with Crippen LogP contribution in [-0.2, 0) is 6.54 Å². The summed E-state index contributed by atoms with van der Waals surface area (Å²) in [7, 11) is 1.99. The van der Waals surface area contributed by atoms with Gasteiger partial charge in [0.1, 0.15) is 0 Å². The molecule has 5 heteroatoms. The van der Waals surface area contributed by atoms with Crippen molar-refractivity contribution < 1.29 is 0 Å². The standard InChI is InChI=1S/C13H20N4O/c1-11(6-7-14)16(2)8-3-9-17-10-12(15)4-5-13(17)18/h4-5,10-11H,3,6,8-9,15H2,1-2H3. The van der Waals surface area contributed by atoms with Crippen molar-refractivity contribution in [3.63, 3.8) is 0 Å². The summed E-state index contributed by atoms with van der Waals surface area (Å²) in [4.78, 5) is 13.7. The van der Waals surface area contributed by atoms with E-state index in [1.54, 1.807) is 16.8 Å². The maximum Gasteiger partial charge on any atom is 0.250 e. The number of nitrogen functional groups attached to an aromatic ring is 1. The number of anilines is 1. The average molecular weight is 248 g/mol. The number of pyridine rings is 1. The van der Waals surface area contributed by atoms with E-state index in [4.69, 9.17) is 11.0 Å². The van der Waals surface area contributed by atoms with Gasteiger partial charge < -0.3 is 15.2 Å². The molecule has 98 valence electrons. The number of nitrogens with two attached hydrogens (primary N) is 1. The average Bonchev–Trinajstić information content (AvgIpc) is 2.33. The molecule has 0 spiro atoms. The molecule has 1 heterocycles. The lowest BCUT2D eigenvalue weighted by Gasteiger charge is -2.22. The first kappa shape index (κ1) is 14.3. The maximum atomic E-state index is 11.5. The van der Waals surface area contributed by atoms with Crippen LogP contribution in [0.4, 0.5) is 5.69 Å². The Hall–Kier alpha value is -1.80. The first-order valence-electron chi connectivity index (χ1n) is 6.07. The fourth-order valence-corrected chi connectivity index (χ4v) is 1.72. The van der Waals surface area contributed by atoms with Gasteiger partial charge in [-0.15, -0.1) is 0 Å². The first-order chi connectivity index (χ1) is 8.54. The molecule has 0 aliphatic heterocycles. The number of aromatic nitrogens is 1. The number of hydrogen-bond acceptors (Lipinski definition) is 4. The van der Waals surface area contributed by atoms with Gasteiger partial charge in [-0.1, -0.05) is 0 Å². The molecule has 2 N–H and O–H groups in total. The molecule has 0 radical (unpaired) electrons. The second-order valence-corrected chi connectivity index (χ2v) is 4.54. The molecule has 0 saturated heterocycles. The van der Waals surface area contributed by atoms with Gasteiger partial charge in [0.05, 0.1) is 12.5 Å². The zero-order chi connectivity index (χ0) is 13.5. The SMILES string of the molecule is CC(CC#N)N(C)CCCn1cc(N)ccc1=O. The first-order valence-corrected chi connectivity index (χ1v) is 6.07. The lowest BCUT2D eigenvalue weighted by Crippen LogP contribution is -2.31. The second-order valence-electron chi connectivity index (χ2n) is 4.54. The molecule has 1 aromatic rings. The number of nitriles is 1. The Bertz CT molecular complexity index is 475. The monoisotopic (exact) mass is 248 g/mol. The summed E-state index contributed by atoms with van der Waals surface area (Å²) < 4.78 is 1.62. The minimum atomic E-state index is -0.0306. The van der Waals surface area contributed by atoms with Crippen molar-refractivity contribution >= 4 is 5.69 Å². The molecule has 0 aliphatic rings. The highest BCUT2D eigenvalue weighted by Crippen LogP contribution is 2.02. The molecule has 5 nitrogen and oxygen atoms in total. The van der Waals surface area contributed by atoms with Crippen molar-refractivity contribution in [1.82, 2.24) is 9.47 Å². The quantitative estimate of drug-likeness (QED) is 0.816. The molecule has 0 bridgehead atoms. The molecule has 0 fully saturated rings. The summed E-state index contributed by atoms with van der Waals surface area (Å²) in [5.74, 6) is 0. The summed E-state index contributed by atoms with van der Waals surface area (Å²) in [6.07, 6.45) is 3.05. The molecular weight excluding hydrogens is 228 g/mol. The van der Waals surface area contributed by atoms with Crippen molar-refractivity contribution in [2.75, 3.05) is 19.3 Å². The second kappa shape index (κ2) is 6.82. The molecular formula is C13H20N4O. The molecule has 1 unspecified atom stereocenters. The smallest absolute Gasteiger partial charge is 0.250 e. The Kier molecular flexibility index (Phi) is 5.40. The summed E-state index contributed by atoms with van der Waals surface area (Å²) in [6, 6.07) is 5.50. The van der Waals surface area contributed by atoms with Crippen LogP contribution in [0.3, 0.4) is 0 Å². The molecule has 1 aromatic heterocycles. The Balaban J connectivity index is 2.44. The van der Waals surface area contributed by atoms with E-state index in [1.165, 1.54) is 6.07 Å². The highest BCUT2D eigenvalue weighted by molar-refractivity contribution is 5.33. The lowest BCUT2D eigenvalue weighted by atomic mass is 10.2. The van der Waals surface area contributed by atoms with Crippen LogP contribution in [0, 0.1) is 11.3 Å². The Morgan fingerprint density at radius 3 is 2.94 bits per heavy atom. The molecule has 0 aliphatic carbocycles. The van der Waals surface area contributed by atoms with Crippen LogP contribution in [0.1, 0.15) is 19.8 Å². The van der Waals surface area contributed by atoms with Gasteiger partial charge in [0.15, 0.2) is 0 Å². The minimum absolute atomic E-state index is 0.0306. The largest absolute Gasteiger partial charge is 0.398 e. The van der Waals surface area contributed by atoms with Crippen LogP contribution in [0.15, 0.2) is 23.1 Å². The van der Waals surface area contributed by atoms with Crippen molar-refractivity contribution in [3.05, 3.63) is 28.7 Å². The summed E-state index contributed by atoms with van der Waals surface area (Å²) in [6.45, 7) is 3.52. The van der Waals surface area contributed by atoms with Crippen molar-refractivity contribution in [3.8, 4) is 6.07 Å². The van der Waals surface area contributed by atoms with E-state index in [0.717, 1.165) is 13.0 Å². The fourth-order valence-electron chi connectivity index (χ4n) is 1.72. The van der Waals surface area contributed by atoms with Crippen molar-refractivity contribution in [2.45, 2.75) is 32.4 Å². The van der Waals surface area contributed by atoms with Gasteiger partial charge in [-0.25, -0.2) is 0 Å². The van der Waals surface area contributed by atoms with E-state index >= 15 is 0 Å². The van der Waals surface area contributed by atoms with Gasteiger partial charge in [0, 0.05) is 30.5 Å². The Labute approximate surface area is 107 Å². The molecule has 0 aromatic carbocycles. The number of hydrogen-bond donors (Lipinski definition) is 1. The van der Waals surface area contributed by atoms with Crippen LogP contribution in [0.25, 0.3) is 0 Å². The predicted molar refractivity (Wildman–Crippen MR) is 72.1 cm³/mol. The van der Waals surface area contributed by atoms with Crippen molar-refractivity contribution in [1.29, 1.82) is 5.26 Å². The highest BCUT2D eigenvalue weighted by Gasteiger charge is 2.07. The van der Waals surface area contributed by atoms with Gasteiger partial charge in [0.25, 0.3) is 5.56 Å². The number of aryl methyl sites for hydroxylation is 1. The third-order valence-electron chi connectivity index (χ3n) is 3.06. The topological polar surface area (TPSA) is 75.1 Å². The third kappa shape index (κ3) is 4.22. The molecule has 1 rings (SSSR count). The Morgan fingerprint density at radius 1 is 1.56 bits per heavy atom. The van der Waals surface area contributed by atoms with Crippen LogP contribution < -0.4 is 11.3 Å². The van der Waals surface area contributed by atoms with Gasteiger partial charge in [-0.2, -0.15) is 5.26 Å². The zero-order valence-electron chi connectivity index (χ0n) is 11.0. The Morgan fingerprint density at radius 2 is 2.28 bits per heavy atom. The van der Waals surface area contributed by atoms with E-state index in [9.17, 15) is 4.79 Å². The van der Waals surface area contributed by atoms with Crippen LogP contribution >= 0.6 is 0 Å². The zero-order valence-corrected chi connectivity index (χ0v) is 11.0. The van der Waals surface area contributed by atoms with E-state index in [1.807, 2.05) is 14.0 Å².